The van der Waals surface area contributed by atoms with Gasteiger partial charge in [-0.1, -0.05) is 54.3 Å². The summed E-state index contributed by atoms with van der Waals surface area (Å²) >= 11 is 1.71. The molecule has 3 rings (SSSR count). The maximum Gasteiger partial charge on any atom is 0.0768 e. The second kappa shape index (κ2) is 7.26. The third-order valence-electron chi connectivity index (χ3n) is 3.72. The highest BCUT2D eigenvalue weighted by atomic mass is 32.1. The minimum atomic E-state index is 0.951. The minimum Gasteiger partial charge on any atom is -0.298 e. The lowest BCUT2D eigenvalue weighted by atomic mass is 9.99. The number of hydrogen-bond donors (Lipinski definition) is 0. The first-order chi connectivity index (χ1) is 10.4. The summed E-state index contributed by atoms with van der Waals surface area (Å²) in [6.07, 6.45) is 4.46. The van der Waals surface area contributed by atoms with Crippen molar-refractivity contribution in [2.24, 2.45) is 0 Å². The molecule has 0 bridgehead atoms. The van der Waals surface area contributed by atoms with Crippen LogP contribution < -0.4 is 0 Å². The van der Waals surface area contributed by atoms with Gasteiger partial charge >= 0.3 is 0 Å². The Kier molecular flexibility index (Phi) is 4.89. The fraction of sp³-hybridized carbons (Fsp3) is 0.263. The van der Waals surface area contributed by atoms with Crippen molar-refractivity contribution >= 4 is 16.9 Å². The van der Waals surface area contributed by atoms with Crippen LogP contribution in [0.2, 0.25) is 0 Å². The molecule has 0 amide bonds. The van der Waals surface area contributed by atoms with Crippen LogP contribution in [-0.2, 0) is 0 Å². The Morgan fingerprint density at radius 2 is 2.00 bits per heavy atom. The van der Waals surface area contributed by atoms with Gasteiger partial charge in [0, 0.05) is 26.1 Å². The van der Waals surface area contributed by atoms with E-state index in [0.29, 0.717) is 0 Å². The van der Waals surface area contributed by atoms with E-state index in [4.69, 9.17) is 0 Å². The molecule has 0 spiro atoms. The van der Waals surface area contributed by atoms with Gasteiger partial charge in [0.05, 0.1) is 4.88 Å². The number of hydrogen-bond acceptors (Lipinski definition) is 2. The minimum absolute atomic E-state index is 0.951. The van der Waals surface area contributed by atoms with Crippen LogP contribution in [-0.4, -0.2) is 24.5 Å². The zero-order valence-electron chi connectivity index (χ0n) is 12.1. The smallest absolute Gasteiger partial charge is 0.0768 e. The molecule has 1 nitrogen and oxygen atoms in total. The highest BCUT2D eigenvalue weighted by Gasteiger charge is 2.11. The topological polar surface area (TPSA) is 3.24 Å². The van der Waals surface area contributed by atoms with Crippen LogP contribution in [0.1, 0.15) is 23.3 Å². The molecule has 106 valence electrons. The Morgan fingerprint density at radius 1 is 1.10 bits per heavy atom. The summed E-state index contributed by atoms with van der Waals surface area (Å²) in [5, 5.41) is 2.07. The SMILES string of the molecule is C(#Cc1cccs1)CCN1CC=C(c2ccccc2)CC1. The van der Waals surface area contributed by atoms with Crippen LogP contribution in [0.25, 0.3) is 5.57 Å². The Bertz CT molecular complexity index is 644. The number of rotatable bonds is 3. The van der Waals surface area contributed by atoms with Crippen molar-refractivity contribution < 1.29 is 0 Å². The molecule has 21 heavy (non-hydrogen) atoms. The molecule has 2 heteroatoms. The fourth-order valence-electron chi connectivity index (χ4n) is 2.54. The van der Waals surface area contributed by atoms with Gasteiger partial charge in [-0.05, 0) is 29.0 Å². The molecule has 0 aliphatic carbocycles. The monoisotopic (exact) mass is 293 g/mol. The predicted octanol–water partition coefficient (Wildman–Crippen LogP) is 4.28. The van der Waals surface area contributed by atoms with Crippen LogP contribution >= 0.6 is 11.3 Å². The van der Waals surface area contributed by atoms with Crippen molar-refractivity contribution in [2.75, 3.05) is 19.6 Å². The molecular weight excluding hydrogens is 274 g/mol. The van der Waals surface area contributed by atoms with E-state index >= 15 is 0 Å². The van der Waals surface area contributed by atoms with Crippen molar-refractivity contribution in [3.8, 4) is 11.8 Å². The molecule has 2 heterocycles. The van der Waals surface area contributed by atoms with Gasteiger partial charge in [0.2, 0.25) is 0 Å². The van der Waals surface area contributed by atoms with Crippen LogP contribution in [0.3, 0.4) is 0 Å². The summed E-state index contributed by atoms with van der Waals surface area (Å²) in [7, 11) is 0. The normalized spacial score (nSPS) is 15.1. The van der Waals surface area contributed by atoms with Gasteiger partial charge in [0.25, 0.3) is 0 Å². The largest absolute Gasteiger partial charge is 0.298 e. The molecule has 0 saturated heterocycles. The Labute approximate surface area is 130 Å². The summed E-state index contributed by atoms with van der Waals surface area (Å²) in [5.41, 5.74) is 2.85. The maximum absolute atomic E-state index is 3.28. The summed E-state index contributed by atoms with van der Waals surface area (Å²) in [5.74, 6) is 6.50. The van der Waals surface area contributed by atoms with Gasteiger partial charge < -0.3 is 0 Å². The van der Waals surface area contributed by atoms with Gasteiger partial charge in [-0.3, -0.25) is 4.90 Å². The van der Waals surface area contributed by atoms with E-state index in [1.165, 1.54) is 16.0 Å². The number of nitrogens with zero attached hydrogens (tertiary/aromatic N) is 1. The molecule has 0 radical (unpaired) electrons. The molecule has 0 fully saturated rings. The van der Waals surface area contributed by atoms with E-state index in [-0.39, 0.29) is 0 Å². The molecule has 0 saturated carbocycles. The predicted molar refractivity (Wildman–Crippen MR) is 91.3 cm³/mol. The highest BCUT2D eigenvalue weighted by molar-refractivity contribution is 7.10. The molecule has 1 aliphatic heterocycles. The zero-order valence-corrected chi connectivity index (χ0v) is 12.9. The van der Waals surface area contributed by atoms with E-state index in [1.807, 2.05) is 0 Å². The first kappa shape index (κ1) is 14.1. The van der Waals surface area contributed by atoms with Crippen molar-refractivity contribution in [3.63, 3.8) is 0 Å². The van der Waals surface area contributed by atoms with Crippen LogP contribution in [0, 0.1) is 11.8 Å². The summed E-state index contributed by atoms with van der Waals surface area (Å²) in [6.45, 7) is 3.25. The Hall–Kier alpha value is -1.82. The lowest BCUT2D eigenvalue weighted by Gasteiger charge is -2.25. The third-order valence-corrected chi connectivity index (χ3v) is 4.51. The van der Waals surface area contributed by atoms with Crippen LogP contribution in [0.15, 0.2) is 53.9 Å². The summed E-state index contributed by atoms with van der Waals surface area (Å²) < 4.78 is 0. The van der Waals surface area contributed by atoms with Crippen LogP contribution in [0.5, 0.6) is 0 Å². The fourth-order valence-corrected chi connectivity index (χ4v) is 3.13. The van der Waals surface area contributed by atoms with Gasteiger partial charge in [-0.25, -0.2) is 0 Å². The average molecular weight is 293 g/mol. The van der Waals surface area contributed by atoms with Gasteiger partial charge in [-0.2, -0.15) is 0 Å². The molecule has 0 N–H and O–H groups in total. The van der Waals surface area contributed by atoms with Crippen molar-refractivity contribution in [1.82, 2.24) is 4.90 Å². The first-order valence-corrected chi connectivity index (χ1v) is 8.29. The highest BCUT2D eigenvalue weighted by Crippen LogP contribution is 2.21. The quantitative estimate of drug-likeness (QED) is 0.764. The second-order valence-electron chi connectivity index (χ2n) is 5.18. The molecule has 1 aliphatic rings. The number of benzene rings is 1. The van der Waals surface area contributed by atoms with Gasteiger partial charge in [0.1, 0.15) is 0 Å². The lowest BCUT2D eigenvalue weighted by Crippen LogP contribution is -2.29. The Morgan fingerprint density at radius 3 is 2.71 bits per heavy atom. The zero-order chi connectivity index (χ0) is 14.3. The van der Waals surface area contributed by atoms with Crippen molar-refractivity contribution in [3.05, 3.63) is 64.4 Å². The molecular formula is C19H19NS. The van der Waals surface area contributed by atoms with E-state index in [0.717, 1.165) is 32.5 Å². The number of thiophene rings is 1. The van der Waals surface area contributed by atoms with Crippen molar-refractivity contribution in [2.45, 2.75) is 12.8 Å². The molecule has 1 aromatic heterocycles. The molecule has 0 atom stereocenters. The molecule has 2 aromatic rings. The average Bonchev–Trinajstić information content (AvgIpc) is 3.06. The first-order valence-electron chi connectivity index (χ1n) is 7.41. The maximum atomic E-state index is 3.28. The third kappa shape index (κ3) is 4.07. The van der Waals surface area contributed by atoms with E-state index in [2.05, 4.69) is 70.7 Å². The molecule has 1 aromatic carbocycles. The molecule has 0 unspecified atom stereocenters. The van der Waals surface area contributed by atoms with E-state index < -0.39 is 0 Å². The standard InChI is InChI=1S/C19H19NS/c1-2-7-17(8-3-1)18-11-14-20(15-12-18)13-5-4-9-19-10-6-16-21-19/h1-3,6-8,10-11,16H,5,12-15H2. The van der Waals surface area contributed by atoms with E-state index in [1.54, 1.807) is 11.3 Å². The summed E-state index contributed by atoms with van der Waals surface area (Å²) in [6, 6.07) is 14.8. The second-order valence-corrected chi connectivity index (χ2v) is 6.12. The van der Waals surface area contributed by atoms with Crippen molar-refractivity contribution in [1.29, 1.82) is 0 Å². The van der Waals surface area contributed by atoms with E-state index in [9.17, 15) is 0 Å². The van der Waals surface area contributed by atoms with Crippen LogP contribution in [0.4, 0.5) is 0 Å². The lowest BCUT2D eigenvalue weighted by molar-refractivity contribution is 0.309. The Balaban J connectivity index is 1.48. The summed E-state index contributed by atoms with van der Waals surface area (Å²) in [4.78, 5) is 3.65. The van der Waals surface area contributed by atoms with Gasteiger partial charge in [0.15, 0.2) is 0 Å². The van der Waals surface area contributed by atoms with Gasteiger partial charge in [-0.15, -0.1) is 11.3 Å².